The molecule has 0 radical (unpaired) electrons. The van der Waals surface area contributed by atoms with Gasteiger partial charge in [0.25, 0.3) is 0 Å². The lowest BCUT2D eigenvalue weighted by atomic mass is 9.74. The molecular weight excluding hydrogens is 256 g/mol. The van der Waals surface area contributed by atoms with Gasteiger partial charge in [-0.25, -0.2) is 0 Å². The number of carbonyl (C=O) groups excluding carboxylic acids is 2. The van der Waals surface area contributed by atoms with Crippen LogP contribution in [0.15, 0.2) is 0 Å². The number of methoxy groups -OCH3 is 1. The number of hydrogen-bond donors (Lipinski definition) is 0. The third-order valence-corrected chi connectivity index (χ3v) is 3.21. The van der Waals surface area contributed by atoms with Gasteiger partial charge in [0.05, 0.1) is 13.7 Å². The van der Waals surface area contributed by atoms with E-state index in [1.54, 1.807) is 0 Å². The van der Waals surface area contributed by atoms with Crippen molar-refractivity contribution in [3.63, 3.8) is 0 Å². The molecule has 0 aliphatic carbocycles. The molecule has 0 unspecified atom stereocenters. The number of rotatable bonds is 9. The van der Waals surface area contributed by atoms with Gasteiger partial charge in [0, 0.05) is 0 Å². The van der Waals surface area contributed by atoms with Gasteiger partial charge in [-0.15, -0.1) is 0 Å². The fourth-order valence-corrected chi connectivity index (χ4v) is 2.54. The van der Waals surface area contributed by atoms with Gasteiger partial charge in [-0.2, -0.15) is 0 Å². The van der Waals surface area contributed by atoms with Crippen molar-refractivity contribution < 1.29 is 19.1 Å². The summed E-state index contributed by atoms with van der Waals surface area (Å²) >= 11 is 0. The maximum Gasteiger partial charge on any atom is 0.323 e. The highest BCUT2D eigenvalue weighted by molar-refractivity contribution is 6.00. The molecule has 0 heterocycles. The van der Waals surface area contributed by atoms with Gasteiger partial charge in [0.2, 0.25) is 0 Å². The second kappa shape index (κ2) is 8.98. The standard InChI is InChI=1S/C16H30O4/c1-7-8-9-20-15(18)16(10-12(2)3,11-13(4)5)14(17)19-6/h12-13H,7-11H2,1-6H3. The van der Waals surface area contributed by atoms with Crippen molar-refractivity contribution >= 4 is 11.9 Å². The average molecular weight is 286 g/mol. The fraction of sp³-hybridized carbons (Fsp3) is 0.875. The van der Waals surface area contributed by atoms with Crippen LogP contribution in [0.25, 0.3) is 0 Å². The lowest BCUT2D eigenvalue weighted by Gasteiger charge is -2.31. The first kappa shape index (κ1) is 18.9. The minimum atomic E-state index is -1.16. The van der Waals surface area contributed by atoms with Gasteiger partial charge in [-0.1, -0.05) is 41.0 Å². The van der Waals surface area contributed by atoms with E-state index in [2.05, 4.69) is 0 Å². The van der Waals surface area contributed by atoms with E-state index in [1.165, 1.54) is 7.11 Å². The molecular formula is C16H30O4. The van der Waals surface area contributed by atoms with E-state index in [4.69, 9.17) is 9.47 Å². The summed E-state index contributed by atoms with van der Waals surface area (Å²) in [6, 6.07) is 0. The molecule has 0 saturated carbocycles. The second-order valence-corrected chi connectivity index (χ2v) is 6.26. The van der Waals surface area contributed by atoms with Crippen molar-refractivity contribution in [1.29, 1.82) is 0 Å². The molecule has 0 bridgehead atoms. The molecule has 4 nitrogen and oxygen atoms in total. The predicted molar refractivity (Wildman–Crippen MR) is 79.2 cm³/mol. The Hall–Kier alpha value is -1.06. The molecule has 0 spiro atoms. The van der Waals surface area contributed by atoms with E-state index >= 15 is 0 Å². The molecule has 0 amide bonds. The zero-order valence-corrected chi connectivity index (χ0v) is 13.8. The van der Waals surface area contributed by atoms with Crippen molar-refractivity contribution in [2.45, 2.75) is 60.3 Å². The summed E-state index contributed by atoms with van der Waals surface area (Å²) in [5.41, 5.74) is -1.16. The minimum absolute atomic E-state index is 0.214. The number of carbonyl (C=O) groups is 2. The number of hydrogen-bond acceptors (Lipinski definition) is 4. The van der Waals surface area contributed by atoms with Gasteiger partial charge in [-0.3, -0.25) is 9.59 Å². The van der Waals surface area contributed by atoms with Gasteiger partial charge in [-0.05, 0) is 31.1 Å². The van der Waals surface area contributed by atoms with Crippen LogP contribution in [0.4, 0.5) is 0 Å². The summed E-state index contributed by atoms with van der Waals surface area (Å²) in [7, 11) is 1.33. The van der Waals surface area contributed by atoms with Crippen molar-refractivity contribution in [3.8, 4) is 0 Å². The van der Waals surface area contributed by atoms with Crippen LogP contribution in [-0.2, 0) is 19.1 Å². The molecule has 0 rings (SSSR count). The van der Waals surface area contributed by atoms with E-state index in [-0.39, 0.29) is 11.8 Å². The minimum Gasteiger partial charge on any atom is -0.468 e. The molecule has 0 saturated heterocycles. The highest BCUT2D eigenvalue weighted by Crippen LogP contribution is 2.36. The summed E-state index contributed by atoms with van der Waals surface area (Å²) in [6.45, 7) is 10.4. The Labute approximate surface area is 123 Å². The van der Waals surface area contributed by atoms with Crippen LogP contribution in [0.2, 0.25) is 0 Å². The maximum atomic E-state index is 12.5. The Bertz CT molecular complexity index is 298. The monoisotopic (exact) mass is 286 g/mol. The van der Waals surface area contributed by atoms with Crippen LogP contribution in [0.1, 0.15) is 60.3 Å². The summed E-state index contributed by atoms with van der Waals surface area (Å²) in [6.07, 6.45) is 2.69. The number of esters is 2. The van der Waals surface area contributed by atoms with Crippen LogP contribution < -0.4 is 0 Å². The number of ether oxygens (including phenoxy) is 2. The maximum absolute atomic E-state index is 12.5. The highest BCUT2D eigenvalue weighted by Gasteiger charge is 2.49. The summed E-state index contributed by atoms with van der Waals surface area (Å²) in [4.78, 5) is 24.7. The SMILES string of the molecule is CCCCOC(=O)C(CC(C)C)(CC(C)C)C(=O)OC. The van der Waals surface area contributed by atoms with Gasteiger partial charge < -0.3 is 9.47 Å². The van der Waals surface area contributed by atoms with Gasteiger partial charge in [0.1, 0.15) is 0 Å². The van der Waals surface area contributed by atoms with Crippen molar-refractivity contribution in [3.05, 3.63) is 0 Å². The first-order chi connectivity index (χ1) is 9.30. The molecule has 0 aliphatic heterocycles. The lowest BCUT2D eigenvalue weighted by Crippen LogP contribution is -2.44. The third-order valence-electron chi connectivity index (χ3n) is 3.21. The van der Waals surface area contributed by atoms with E-state index in [9.17, 15) is 9.59 Å². The molecule has 118 valence electrons. The zero-order valence-electron chi connectivity index (χ0n) is 13.8. The lowest BCUT2D eigenvalue weighted by molar-refractivity contribution is -0.174. The Balaban J connectivity index is 5.24. The smallest absolute Gasteiger partial charge is 0.323 e. The van der Waals surface area contributed by atoms with E-state index < -0.39 is 17.4 Å². The van der Waals surface area contributed by atoms with Crippen LogP contribution >= 0.6 is 0 Å². The van der Waals surface area contributed by atoms with Crippen LogP contribution in [-0.4, -0.2) is 25.7 Å². The van der Waals surface area contributed by atoms with E-state index in [0.29, 0.717) is 19.4 Å². The Kier molecular flexibility index (Phi) is 8.51. The molecule has 4 heteroatoms. The summed E-state index contributed by atoms with van der Waals surface area (Å²) < 4.78 is 10.2. The van der Waals surface area contributed by atoms with Crippen LogP contribution in [0.3, 0.4) is 0 Å². The molecule has 0 aliphatic rings. The Morgan fingerprint density at radius 2 is 1.50 bits per heavy atom. The first-order valence-corrected chi connectivity index (χ1v) is 7.55. The predicted octanol–water partition coefficient (Wildman–Crippen LogP) is 3.58. The quantitative estimate of drug-likeness (QED) is 0.369. The Morgan fingerprint density at radius 3 is 1.85 bits per heavy atom. The average Bonchev–Trinajstić information content (AvgIpc) is 2.35. The molecule has 0 aromatic carbocycles. The molecule has 0 fully saturated rings. The van der Waals surface area contributed by atoms with E-state index in [0.717, 1.165) is 12.8 Å². The molecule has 0 atom stereocenters. The normalized spacial score (nSPS) is 11.8. The molecule has 0 N–H and O–H groups in total. The third kappa shape index (κ3) is 5.51. The Morgan fingerprint density at radius 1 is 1.00 bits per heavy atom. The summed E-state index contributed by atoms with van der Waals surface area (Å²) in [5, 5.41) is 0. The van der Waals surface area contributed by atoms with Crippen molar-refractivity contribution in [1.82, 2.24) is 0 Å². The fourth-order valence-electron chi connectivity index (χ4n) is 2.54. The van der Waals surface area contributed by atoms with Crippen molar-refractivity contribution in [2.24, 2.45) is 17.3 Å². The molecule has 0 aromatic heterocycles. The highest BCUT2D eigenvalue weighted by atomic mass is 16.6. The largest absolute Gasteiger partial charge is 0.468 e. The van der Waals surface area contributed by atoms with Crippen LogP contribution in [0.5, 0.6) is 0 Å². The molecule has 20 heavy (non-hydrogen) atoms. The van der Waals surface area contributed by atoms with E-state index in [1.807, 2.05) is 34.6 Å². The number of unbranched alkanes of at least 4 members (excludes halogenated alkanes) is 1. The van der Waals surface area contributed by atoms with Gasteiger partial charge >= 0.3 is 11.9 Å². The van der Waals surface area contributed by atoms with Crippen LogP contribution in [0, 0.1) is 17.3 Å². The zero-order chi connectivity index (χ0) is 15.8. The van der Waals surface area contributed by atoms with Crippen molar-refractivity contribution in [2.75, 3.05) is 13.7 Å². The van der Waals surface area contributed by atoms with Gasteiger partial charge in [0.15, 0.2) is 5.41 Å². The summed E-state index contributed by atoms with van der Waals surface area (Å²) in [5.74, 6) is -0.472. The first-order valence-electron chi connectivity index (χ1n) is 7.55. The topological polar surface area (TPSA) is 52.6 Å². The molecule has 0 aromatic rings. The second-order valence-electron chi connectivity index (χ2n) is 6.26.